The van der Waals surface area contributed by atoms with Crippen LogP contribution < -0.4 is 16.1 Å². The van der Waals surface area contributed by atoms with Crippen molar-refractivity contribution in [2.75, 3.05) is 17.2 Å². The first-order chi connectivity index (χ1) is 13.0. The zero-order valence-corrected chi connectivity index (χ0v) is 15.5. The van der Waals surface area contributed by atoms with Gasteiger partial charge in [-0.3, -0.25) is 4.79 Å². The van der Waals surface area contributed by atoms with E-state index < -0.39 is 17.2 Å². The molecule has 8 heteroatoms. The molecule has 6 nitrogen and oxygen atoms in total. The van der Waals surface area contributed by atoms with Crippen molar-refractivity contribution < 1.29 is 14.3 Å². The molecule has 0 amide bonds. The molecule has 2 aliphatic heterocycles. The number of fused-ring (bicyclic) bond motifs is 5. The predicted molar refractivity (Wildman–Crippen MR) is 102 cm³/mol. The number of hydrogen-bond acceptors (Lipinski definition) is 5. The zero-order valence-electron chi connectivity index (χ0n) is 14.7. The summed E-state index contributed by atoms with van der Waals surface area (Å²) in [5.41, 5.74) is 6.56. The molecule has 1 aromatic heterocycles. The summed E-state index contributed by atoms with van der Waals surface area (Å²) < 4.78 is 17.1. The number of nitrogens with zero attached hydrogens (tertiary/aromatic N) is 2. The van der Waals surface area contributed by atoms with Crippen LogP contribution in [0.5, 0.6) is 0 Å². The van der Waals surface area contributed by atoms with Crippen LogP contribution in [0.25, 0.3) is 10.9 Å². The Bertz CT molecular complexity index is 1030. The van der Waals surface area contributed by atoms with Gasteiger partial charge in [-0.25, -0.2) is 9.18 Å². The molecule has 2 aromatic rings. The van der Waals surface area contributed by atoms with E-state index >= 15 is 4.39 Å². The molecule has 0 bridgehead atoms. The van der Waals surface area contributed by atoms with E-state index in [0.717, 1.165) is 42.9 Å². The van der Waals surface area contributed by atoms with E-state index in [0.29, 0.717) is 11.2 Å². The molecular weight excluding hydrogens is 369 g/mol. The van der Waals surface area contributed by atoms with Gasteiger partial charge in [0.2, 0.25) is 5.43 Å². The van der Waals surface area contributed by atoms with Crippen LogP contribution in [0.4, 0.5) is 10.1 Å². The number of carbonyl (C=O) groups is 1. The van der Waals surface area contributed by atoms with Crippen LogP contribution in [-0.4, -0.2) is 40.0 Å². The van der Waals surface area contributed by atoms with Gasteiger partial charge in [-0.1, -0.05) is 0 Å². The highest BCUT2D eigenvalue weighted by Crippen LogP contribution is 2.47. The topological polar surface area (TPSA) is 88.6 Å². The molecule has 5 rings (SSSR count). The number of aromatic nitrogens is 1. The molecule has 1 saturated heterocycles. The first-order valence-electron chi connectivity index (χ1n) is 9.27. The van der Waals surface area contributed by atoms with E-state index in [-0.39, 0.29) is 29.1 Å². The van der Waals surface area contributed by atoms with Crippen molar-refractivity contribution in [1.29, 1.82) is 0 Å². The first kappa shape index (κ1) is 17.1. The minimum absolute atomic E-state index is 0.00880. The number of carboxylic acid groups (broad SMARTS) is 1. The number of halogens is 1. The second kappa shape index (κ2) is 5.97. The maximum atomic E-state index is 15.2. The minimum Gasteiger partial charge on any atom is -0.477 e. The highest BCUT2D eigenvalue weighted by Gasteiger charge is 2.38. The number of thioether (sulfide) groups is 1. The number of aromatic carboxylic acids is 1. The van der Waals surface area contributed by atoms with Gasteiger partial charge >= 0.3 is 5.97 Å². The van der Waals surface area contributed by atoms with Crippen LogP contribution in [0.15, 0.2) is 22.0 Å². The molecule has 27 heavy (non-hydrogen) atoms. The average molecular weight is 389 g/mol. The summed E-state index contributed by atoms with van der Waals surface area (Å²) in [5, 5.41) is 9.57. The lowest BCUT2D eigenvalue weighted by atomic mass is 9.96. The van der Waals surface area contributed by atoms with Crippen molar-refractivity contribution in [2.45, 2.75) is 48.7 Å². The lowest BCUT2D eigenvalue weighted by Gasteiger charge is -2.45. The standard InChI is InChI=1S/C19H20FN3O3S/c20-12-6-10-15(23(9-3-4-9)7-11(17(10)24)19(25)26)18-16(12)22-5-1-2-13(21)14(22)8-27-18/h6-7,9,13-14H,1-5,8,21H2,(H,25,26)/t13-,14-/m1/s1. The first-order valence-corrected chi connectivity index (χ1v) is 10.3. The van der Waals surface area contributed by atoms with Gasteiger partial charge in [0.25, 0.3) is 0 Å². The number of anilines is 1. The van der Waals surface area contributed by atoms with Crippen LogP contribution in [0.3, 0.4) is 0 Å². The van der Waals surface area contributed by atoms with Gasteiger partial charge < -0.3 is 20.3 Å². The van der Waals surface area contributed by atoms with E-state index in [9.17, 15) is 14.7 Å². The third kappa shape index (κ3) is 2.50. The maximum absolute atomic E-state index is 15.2. The van der Waals surface area contributed by atoms with Crippen molar-refractivity contribution in [3.8, 4) is 0 Å². The fourth-order valence-corrected chi connectivity index (χ4v) is 5.86. The molecular formula is C19H20FN3O3S. The zero-order chi connectivity index (χ0) is 18.9. The van der Waals surface area contributed by atoms with E-state index in [4.69, 9.17) is 5.73 Å². The smallest absolute Gasteiger partial charge is 0.341 e. The van der Waals surface area contributed by atoms with E-state index in [2.05, 4.69) is 4.90 Å². The van der Waals surface area contributed by atoms with Crippen molar-refractivity contribution in [2.24, 2.45) is 5.73 Å². The summed E-state index contributed by atoms with van der Waals surface area (Å²) in [6, 6.07) is 1.49. The van der Waals surface area contributed by atoms with Gasteiger partial charge in [0.05, 0.1) is 27.5 Å². The van der Waals surface area contributed by atoms with Crippen LogP contribution in [0, 0.1) is 5.82 Å². The lowest BCUT2D eigenvalue weighted by molar-refractivity contribution is 0.0695. The average Bonchev–Trinajstić information content (AvgIpc) is 3.47. The number of rotatable bonds is 2. The Kier molecular flexibility index (Phi) is 3.77. The van der Waals surface area contributed by atoms with Gasteiger partial charge in [0.15, 0.2) is 0 Å². The second-order valence-electron chi connectivity index (χ2n) is 7.63. The Labute approximate surface area is 159 Å². The number of hydrogen-bond donors (Lipinski definition) is 2. The number of piperidine rings is 1. The minimum atomic E-state index is -1.27. The Balaban J connectivity index is 1.82. The van der Waals surface area contributed by atoms with E-state index in [1.807, 2.05) is 4.57 Å². The fourth-order valence-electron chi connectivity index (χ4n) is 4.39. The molecule has 0 radical (unpaired) electrons. The Morgan fingerprint density at radius 1 is 1.33 bits per heavy atom. The van der Waals surface area contributed by atoms with Crippen LogP contribution in [-0.2, 0) is 0 Å². The highest BCUT2D eigenvalue weighted by atomic mass is 32.2. The molecule has 1 aliphatic carbocycles. The molecule has 0 spiro atoms. The second-order valence-corrected chi connectivity index (χ2v) is 8.66. The molecule has 3 heterocycles. The van der Waals surface area contributed by atoms with Gasteiger partial charge in [0, 0.05) is 30.6 Å². The summed E-state index contributed by atoms with van der Waals surface area (Å²) in [7, 11) is 0. The summed E-state index contributed by atoms with van der Waals surface area (Å²) in [5.74, 6) is -0.998. The predicted octanol–water partition coefficient (Wildman–Crippen LogP) is 2.58. The number of nitrogens with two attached hydrogens (primary N) is 1. The Morgan fingerprint density at radius 3 is 2.81 bits per heavy atom. The van der Waals surface area contributed by atoms with Crippen LogP contribution in [0.1, 0.15) is 42.1 Å². The summed E-state index contributed by atoms with van der Waals surface area (Å²) in [4.78, 5) is 27.1. The van der Waals surface area contributed by atoms with Crippen molar-refractivity contribution >= 4 is 34.3 Å². The molecule has 1 saturated carbocycles. The summed E-state index contributed by atoms with van der Waals surface area (Å²) in [6.07, 6.45) is 5.15. The normalized spacial score (nSPS) is 24.6. The van der Waals surface area contributed by atoms with Gasteiger partial charge in [-0.15, -0.1) is 11.8 Å². The number of carboxylic acids is 1. The molecule has 1 aromatic carbocycles. The Hall–Kier alpha value is -2.06. The van der Waals surface area contributed by atoms with Crippen LogP contribution in [0.2, 0.25) is 0 Å². The summed E-state index contributed by atoms with van der Waals surface area (Å²) in [6.45, 7) is 0.745. The van der Waals surface area contributed by atoms with E-state index in [1.165, 1.54) is 24.0 Å². The van der Waals surface area contributed by atoms with Crippen LogP contribution >= 0.6 is 11.8 Å². The van der Waals surface area contributed by atoms with Gasteiger partial charge in [0.1, 0.15) is 11.4 Å². The van der Waals surface area contributed by atoms with Gasteiger partial charge in [-0.05, 0) is 31.7 Å². The third-order valence-electron chi connectivity index (χ3n) is 5.89. The lowest BCUT2D eigenvalue weighted by Crippen LogP contribution is -2.55. The summed E-state index contributed by atoms with van der Waals surface area (Å²) >= 11 is 1.54. The van der Waals surface area contributed by atoms with E-state index in [1.54, 1.807) is 0 Å². The Morgan fingerprint density at radius 2 is 2.11 bits per heavy atom. The number of benzene rings is 1. The SMILES string of the molecule is N[C@@H]1CCCN2c3c(F)cc4c(=O)c(C(=O)O)cn(C5CC5)c4c3SC[C@H]12. The molecule has 2 atom stereocenters. The van der Waals surface area contributed by atoms with Crippen molar-refractivity contribution in [3.63, 3.8) is 0 Å². The third-order valence-corrected chi connectivity index (χ3v) is 7.07. The molecule has 2 fully saturated rings. The highest BCUT2D eigenvalue weighted by molar-refractivity contribution is 7.99. The molecule has 142 valence electrons. The maximum Gasteiger partial charge on any atom is 0.341 e. The number of pyridine rings is 1. The van der Waals surface area contributed by atoms with Crippen molar-refractivity contribution in [1.82, 2.24) is 4.57 Å². The van der Waals surface area contributed by atoms with Gasteiger partial charge in [-0.2, -0.15) is 0 Å². The molecule has 3 N–H and O–H groups in total. The quantitative estimate of drug-likeness (QED) is 0.821. The van der Waals surface area contributed by atoms with Crippen molar-refractivity contribution in [3.05, 3.63) is 33.9 Å². The largest absolute Gasteiger partial charge is 0.477 e. The fraction of sp³-hybridized carbons (Fsp3) is 0.474. The monoisotopic (exact) mass is 389 g/mol. The molecule has 0 unspecified atom stereocenters. The molecule has 3 aliphatic rings.